The second-order valence-corrected chi connectivity index (χ2v) is 6.88. The number of aromatic nitrogens is 5. The molecule has 0 unspecified atom stereocenters. The van der Waals surface area contributed by atoms with E-state index in [2.05, 4.69) is 36.3 Å². The first-order valence-electron chi connectivity index (χ1n) is 7.68. The van der Waals surface area contributed by atoms with Crippen LogP contribution in [0.4, 0.5) is 5.82 Å². The Hall–Kier alpha value is -2.66. The van der Waals surface area contributed by atoms with E-state index in [-0.39, 0.29) is 0 Å². The molecule has 1 fully saturated rings. The molecule has 0 amide bonds. The number of hydrogen-bond acceptors (Lipinski definition) is 7. The van der Waals surface area contributed by atoms with Crippen LogP contribution in [-0.2, 0) is 0 Å². The Morgan fingerprint density at radius 2 is 2.08 bits per heavy atom. The molecule has 3 aromatic heterocycles. The van der Waals surface area contributed by atoms with Crippen molar-refractivity contribution in [3.8, 4) is 17.6 Å². The predicted molar refractivity (Wildman–Crippen MR) is 93.4 cm³/mol. The van der Waals surface area contributed by atoms with Crippen molar-refractivity contribution in [1.82, 2.24) is 24.9 Å². The van der Waals surface area contributed by atoms with Gasteiger partial charge in [-0.2, -0.15) is 17.0 Å². The molecule has 0 spiro atoms. The van der Waals surface area contributed by atoms with Gasteiger partial charge < -0.3 is 10.3 Å². The number of nitriles is 1. The Balaban J connectivity index is 1.69. The lowest BCUT2D eigenvalue weighted by molar-refractivity contribution is 0.543. The van der Waals surface area contributed by atoms with Crippen LogP contribution in [0.5, 0.6) is 0 Å². The molecule has 24 heavy (non-hydrogen) atoms. The molecule has 4 rings (SSSR count). The van der Waals surface area contributed by atoms with Crippen LogP contribution >= 0.6 is 11.8 Å². The average Bonchev–Trinajstić information content (AvgIpc) is 3.11. The Kier molecular flexibility index (Phi) is 3.78. The smallest absolute Gasteiger partial charge is 0.180 e. The van der Waals surface area contributed by atoms with Crippen molar-refractivity contribution in [1.29, 1.82) is 5.26 Å². The summed E-state index contributed by atoms with van der Waals surface area (Å²) in [6, 6.07) is 6.13. The minimum atomic E-state index is -0.550. The van der Waals surface area contributed by atoms with Crippen LogP contribution in [0, 0.1) is 11.3 Å². The zero-order chi connectivity index (χ0) is 16.4. The largest absolute Gasteiger partial charge is 0.352 e. The fourth-order valence-corrected chi connectivity index (χ4v) is 4.01. The van der Waals surface area contributed by atoms with Gasteiger partial charge in [-0.05, 0) is 36.5 Å². The fraction of sp³-hybridized carbons (Fsp3) is 0.312. The van der Waals surface area contributed by atoms with Crippen LogP contribution in [0.3, 0.4) is 0 Å². The van der Waals surface area contributed by atoms with E-state index in [0.29, 0.717) is 17.3 Å². The van der Waals surface area contributed by atoms with Crippen LogP contribution in [-0.4, -0.2) is 42.0 Å². The number of fused-ring (bicyclic) bond motifs is 1. The average molecular weight is 337 g/mol. The summed E-state index contributed by atoms with van der Waals surface area (Å²) in [6.07, 6.45) is 6.61. The van der Waals surface area contributed by atoms with Gasteiger partial charge in [0.1, 0.15) is 29.0 Å². The van der Waals surface area contributed by atoms with Gasteiger partial charge in [0, 0.05) is 17.8 Å². The van der Waals surface area contributed by atoms with E-state index in [9.17, 15) is 5.26 Å². The third-order valence-electron chi connectivity index (χ3n) is 4.15. The number of rotatable bonds is 3. The SMILES string of the molecule is N#CC1(Nc2ccnc(-c3ncnc4[nH]ccc34)n2)CCSCC1. The quantitative estimate of drug-likeness (QED) is 0.757. The summed E-state index contributed by atoms with van der Waals surface area (Å²) < 4.78 is 0. The Labute approximate surface area is 143 Å². The van der Waals surface area contributed by atoms with E-state index in [0.717, 1.165) is 35.4 Å². The molecule has 1 saturated heterocycles. The van der Waals surface area contributed by atoms with E-state index in [1.165, 1.54) is 6.33 Å². The van der Waals surface area contributed by atoms with Crippen LogP contribution in [0.2, 0.25) is 0 Å². The van der Waals surface area contributed by atoms with Gasteiger partial charge in [-0.1, -0.05) is 0 Å². The lowest BCUT2D eigenvalue weighted by Gasteiger charge is -2.31. The molecule has 4 heterocycles. The molecular weight excluding hydrogens is 322 g/mol. The van der Waals surface area contributed by atoms with Crippen molar-refractivity contribution in [3.05, 3.63) is 30.9 Å². The molecule has 1 aliphatic heterocycles. The predicted octanol–water partition coefficient (Wildman–Crippen LogP) is 2.62. The van der Waals surface area contributed by atoms with Gasteiger partial charge in [-0.3, -0.25) is 0 Å². The normalized spacial score (nSPS) is 16.6. The lowest BCUT2D eigenvalue weighted by Crippen LogP contribution is -2.40. The number of H-pyrrole nitrogens is 1. The first-order valence-corrected chi connectivity index (χ1v) is 8.84. The highest BCUT2D eigenvalue weighted by Gasteiger charge is 2.32. The van der Waals surface area contributed by atoms with Gasteiger partial charge in [0.2, 0.25) is 0 Å². The monoisotopic (exact) mass is 337 g/mol. The zero-order valence-corrected chi connectivity index (χ0v) is 13.7. The van der Waals surface area contributed by atoms with Gasteiger partial charge >= 0.3 is 0 Å². The van der Waals surface area contributed by atoms with Crippen molar-refractivity contribution in [2.45, 2.75) is 18.4 Å². The summed E-state index contributed by atoms with van der Waals surface area (Å²) in [5.41, 5.74) is 0.876. The standard InChI is InChI=1S/C16H15N7S/c17-9-16(3-7-24-8-4-16)23-12-2-6-19-15(22-12)13-11-1-5-18-14(11)21-10-20-13/h1-2,5-6,10H,3-4,7-8H2,(H,18,20,21)(H,19,22,23). The summed E-state index contributed by atoms with van der Waals surface area (Å²) in [5, 5.41) is 13.8. The molecule has 0 atom stereocenters. The van der Waals surface area contributed by atoms with Gasteiger partial charge in [-0.15, -0.1) is 0 Å². The maximum absolute atomic E-state index is 9.61. The topological polar surface area (TPSA) is 103 Å². The maximum Gasteiger partial charge on any atom is 0.180 e. The van der Waals surface area contributed by atoms with Crippen molar-refractivity contribution in [2.24, 2.45) is 0 Å². The summed E-state index contributed by atoms with van der Waals surface area (Å²) in [5.74, 6) is 3.13. The number of aromatic amines is 1. The first-order chi connectivity index (χ1) is 11.8. The lowest BCUT2D eigenvalue weighted by atomic mass is 9.94. The van der Waals surface area contributed by atoms with Crippen LogP contribution in [0.15, 0.2) is 30.9 Å². The molecule has 8 heteroatoms. The molecule has 0 radical (unpaired) electrons. The minimum absolute atomic E-state index is 0.519. The Morgan fingerprint density at radius 3 is 2.92 bits per heavy atom. The highest BCUT2D eigenvalue weighted by molar-refractivity contribution is 7.99. The number of thioether (sulfide) groups is 1. The van der Waals surface area contributed by atoms with Crippen molar-refractivity contribution >= 4 is 28.6 Å². The molecule has 0 aromatic carbocycles. The fourth-order valence-electron chi connectivity index (χ4n) is 2.82. The van der Waals surface area contributed by atoms with Gasteiger partial charge in [-0.25, -0.2) is 19.9 Å². The van der Waals surface area contributed by atoms with Crippen LogP contribution in [0.25, 0.3) is 22.6 Å². The molecule has 3 aromatic rings. The molecule has 2 N–H and O–H groups in total. The van der Waals surface area contributed by atoms with Crippen LogP contribution < -0.4 is 5.32 Å². The Morgan fingerprint density at radius 1 is 1.21 bits per heavy atom. The van der Waals surface area contributed by atoms with E-state index in [1.54, 1.807) is 12.3 Å². The second kappa shape index (κ2) is 6.09. The molecule has 0 bridgehead atoms. The highest BCUT2D eigenvalue weighted by atomic mass is 32.2. The summed E-state index contributed by atoms with van der Waals surface area (Å²) in [4.78, 5) is 20.5. The van der Waals surface area contributed by atoms with E-state index < -0.39 is 5.54 Å². The van der Waals surface area contributed by atoms with E-state index in [1.807, 2.05) is 24.0 Å². The summed E-state index contributed by atoms with van der Waals surface area (Å²) in [6.45, 7) is 0. The highest BCUT2D eigenvalue weighted by Crippen LogP contribution is 2.30. The Bertz CT molecular complexity index is 908. The van der Waals surface area contributed by atoms with Gasteiger partial charge in [0.05, 0.1) is 6.07 Å². The summed E-state index contributed by atoms with van der Waals surface area (Å²) >= 11 is 1.88. The first kappa shape index (κ1) is 14.9. The molecule has 7 nitrogen and oxygen atoms in total. The number of anilines is 1. The molecule has 0 aliphatic carbocycles. The van der Waals surface area contributed by atoms with Crippen LogP contribution in [0.1, 0.15) is 12.8 Å². The number of nitrogens with one attached hydrogen (secondary N) is 2. The maximum atomic E-state index is 9.61. The molecule has 120 valence electrons. The second-order valence-electron chi connectivity index (χ2n) is 5.66. The number of hydrogen-bond donors (Lipinski definition) is 2. The van der Waals surface area contributed by atoms with Crippen molar-refractivity contribution in [2.75, 3.05) is 16.8 Å². The molecule has 1 aliphatic rings. The third-order valence-corrected chi connectivity index (χ3v) is 5.13. The zero-order valence-electron chi connectivity index (χ0n) is 12.9. The molecular formula is C16H15N7S. The number of nitrogens with zero attached hydrogens (tertiary/aromatic N) is 5. The van der Waals surface area contributed by atoms with Gasteiger partial charge in [0.15, 0.2) is 5.82 Å². The van der Waals surface area contributed by atoms with E-state index >= 15 is 0 Å². The van der Waals surface area contributed by atoms with Gasteiger partial charge in [0.25, 0.3) is 0 Å². The summed E-state index contributed by atoms with van der Waals surface area (Å²) in [7, 11) is 0. The van der Waals surface area contributed by atoms with Crippen molar-refractivity contribution in [3.63, 3.8) is 0 Å². The molecule has 0 saturated carbocycles. The minimum Gasteiger partial charge on any atom is -0.352 e. The third kappa shape index (κ3) is 2.67. The van der Waals surface area contributed by atoms with E-state index in [4.69, 9.17) is 0 Å². The van der Waals surface area contributed by atoms with Crippen molar-refractivity contribution < 1.29 is 0 Å².